The van der Waals surface area contributed by atoms with E-state index in [-0.39, 0.29) is 25.1 Å². The van der Waals surface area contributed by atoms with Crippen LogP contribution in [0.4, 0.5) is 4.79 Å². The number of rotatable bonds is 10. The van der Waals surface area contributed by atoms with E-state index >= 15 is 0 Å². The quantitative estimate of drug-likeness (QED) is 0.249. The monoisotopic (exact) mass is 426 g/mol. The van der Waals surface area contributed by atoms with Gasteiger partial charge in [-0.25, -0.2) is 14.4 Å². The van der Waals surface area contributed by atoms with Crippen molar-refractivity contribution in [3.63, 3.8) is 0 Å². The van der Waals surface area contributed by atoms with E-state index in [0.29, 0.717) is 5.56 Å². The topological polar surface area (TPSA) is 155 Å². The summed E-state index contributed by atoms with van der Waals surface area (Å²) < 4.78 is 9.72. The van der Waals surface area contributed by atoms with E-state index in [1.165, 1.54) is 24.3 Å². The highest BCUT2D eigenvalue weighted by Crippen LogP contribution is 2.38. The molecule has 0 unspecified atom stereocenters. The lowest BCUT2D eigenvalue weighted by atomic mass is 9.72. The molecule has 0 atom stereocenters. The van der Waals surface area contributed by atoms with Crippen molar-refractivity contribution in [3.05, 3.63) is 35.4 Å². The molecule has 1 aromatic rings. The van der Waals surface area contributed by atoms with Crippen molar-refractivity contribution in [1.29, 1.82) is 0 Å². The number of ether oxygens (including phenoxy) is 2. The summed E-state index contributed by atoms with van der Waals surface area (Å²) in [7, 11) is 0. The first-order chi connectivity index (χ1) is 14.3. The number of aliphatic carboxylic acids is 1. The number of carbonyl (C=O) groups excluding carboxylic acids is 2. The first-order valence-corrected chi connectivity index (χ1v) is 9.49. The van der Waals surface area contributed by atoms with Crippen molar-refractivity contribution in [2.45, 2.75) is 45.1 Å². The Labute approximate surface area is 173 Å². The number of esters is 1. The molecule has 1 fully saturated rings. The number of carboxylic acid groups (broad SMARTS) is 1. The van der Waals surface area contributed by atoms with E-state index in [9.17, 15) is 14.4 Å². The number of nitrogens with zero attached hydrogens (tertiary/aromatic N) is 1. The Kier molecular flexibility index (Phi) is 8.99. The summed E-state index contributed by atoms with van der Waals surface area (Å²) in [6, 6.07) is 5.94. The Hall–Kier alpha value is -2.73. The molecule has 0 aliphatic heterocycles. The Bertz CT molecular complexity index is 715. The molecule has 1 aliphatic carbocycles. The molecule has 30 heavy (non-hydrogen) atoms. The van der Waals surface area contributed by atoms with Gasteiger partial charge in [-0.05, 0) is 36.0 Å². The van der Waals surface area contributed by atoms with Crippen LogP contribution >= 0.6 is 0 Å². The third-order valence-corrected chi connectivity index (χ3v) is 4.96. The van der Waals surface area contributed by atoms with Crippen LogP contribution in [-0.4, -0.2) is 52.3 Å². The first kappa shape index (κ1) is 23.5. The highest BCUT2D eigenvalue weighted by Gasteiger charge is 2.34. The van der Waals surface area contributed by atoms with Gasteiger partial charge in [-0.3, -0.25) is 15.2 Å². The third kappa shape index (κ3) is 7.95. The van der Waals surface area contributed by atoms with Crippen LogP contribution < -0.4 is 5.32 Å². The molecule has 0 aromatic heterocycles. The fourth-order valence-electron chi connectivity index (χ4n) is 3.44. The van der Waals surface area contributed by atoms with Crippen LogP contribution in [-0.2, 0) is 25.7 Å². The number of hydrogen-bond donors (Lipinski definition) is 4. The molecular weight excluding hydrogens is 400 g/mol. The van der Waals surface area contributed by atoms with Crippen LogP contribution in [0.5, 0.6) is 0 Å². The molecule has 0 bridgehead atoms. The normalized spacial score (nSPS) is 15.4. The maximum atomic E-state index is 12.0. The summed E-state index contributed by atoms with van der Waals surface area (Å²) in [5.41, 5.74) is 0.303. The second-order valence-electron chi connectivity index (χ2n) is 7.19. The minimum absolute atomic E-state index is 0.0159. The van der Waals surface area contributed by atoms with E-state index in [0.717, 1.165) is 32.1 Å². The van der Waals surface area contributed by atoms with Crippen LogP contribution in [0, 0.1) is 5.41 Å². The lowest BCUT2D eigenvalue weighted by molar-refractivity contribution is -0.497. The molecule has 0 spiro atoms. The Balaban J connectivity index is 1.73. The average molecular weight is 426 g/mol. The summed E-state index contributed by atoms with van der Waals surface area (Å²) in [6.45, 7) is -0.519. The zero-order chi connectivity index (χ0) is 22.0. The van der Waals surface area contributed by atoms with Gasteiger partial charge < -0.3 is 19.9 Å². The van der Waals surface area contributed by atoms with E-state index in [1.807, 2.05) is 0 Å². The molecule has 166 valence electrons. The van der Waals surface area contributed by atoms with E-state index < -0.39 is 35.6 Å². The smallest absolute Gasteiger partial charge is 0.410 e. The molecular formula is C19H26N2O9. The zero-order valence-corrected chi connectivity index (χ0v) is 16.4. The molecule has 0 radical (unpaired) electrons. The molecule has 11 heteroatoms. The number of alkyl carbamates (subject to hydrolysis) is 1. The number of benzene rings is 1. The van der Waals surface area contributed by atoms with Gasteiger partial charge in [-0.1, -0.05) is 31.4 Å². The van der Waals surface area contributed by atoms with Gasteiger partial charge in [0, 0.05) is 6.54 Å². The lowest BCUT2D eigenvalue weighted by Gasteiger charge is -2.36. The van der Waals surface area contributed by atoms with Gasteiger partial charge in [-0.2, -0.15) is 0 Å². The molecule has 1 aliphatic rings. The predicted octanol–water partition coefficient (Wildman–Crippen LogP) is 2.46. The van der Waals surface area contributed by atoms with Crippen LogP contribution in [0.15, 0.2) is 24.3 Å². The first-order valence-electron chi connectivity index (χ1n) is 9.49. The number of carbonyl (C=O) groups is 3. The van der Waals surface area contributed by atoms with Crippen LogP contribution in [0.1, 0.15) is 54.4 Å². The van der Waals surface area contributed by atoms with Gasteiger partial charge in [0.15, 0.2) is 0 Å². The highest BCUT2D eigenvalue weighted by molar-refractivity contribution is 5.89. The summed E-state index contributed by atoms with van der Waals surface area (Å²) in [4.78, 5) is 39.4. The molecule has 1 amide bonds. The number of amides is 1. The van der Waals surface area contributed by atoms with Gasteiger partial charge >= 0.3 is 18.0 Å². The minimum atomic E-state index is -0.899. The maximum Gasteiger partial charge on any atom is 0.410 e. The Morgan fingerprint density at radius 1 is 1.03 bits per heavy atom. The van der Waals surface area contributed by atoms with Crippen molar-refractivity contribution in [2.24, 2.45) is 5.41 Å². The molecule has 1 saturated carbocycles. The minimum Gasteiger partial charge on any atom is -0.481 e. The molecule has 4 N–H and O–H groups in total. The molecule has 1 aromatic carbocycles. The molecule has 0 heterocycles. The van der Waals surface area contributed by atoms with E-state index in [2.05, 4.69) is 10.2 Å². The molecule has 0 saturated heterocycles. The Morgan fingerprint density at radius 2 is 1.70 bits per heavy atom. The fourth-order valence-corrected chi connectivity index (χ4v) is 3.44. The fraction of sp³-hybridized carbons (Fsp3) is 0.526. The summed E-state index contributed by atoms with van der Waals surface area (Å²) in [5, 5.41) is 28.3. The third-order valence-electron chi connectivity index (χ3n) is 4.96. The second-order valence-corrected chi connectivity index (χ2v) is 7.19. The van der Waals surface area contributed by atoms with Crippen molar-refractivity contribution in [1.82, 2.24) is 10.7 Å². The van der Waals surface area contributed by atoms with Gasteiger partial charge in [0.2, 0.25) is 6.79 Å². The van der Waals surface area contributed by atoms with Gasteiger partial charge in [0.05, 0.1) is 24.0 Å². The number of carboxylic acids is 1. The summed E-state index contributed by atoms with van der Waals surface area (Å²) in [5.74, 6) is -1.61. The van der Waals surface area contributed by atoms with Gasteiger partial charge in [0.1, 0.15) is 0 Å². The SMILES string of the molecule is O=C(O)CC1(CNC(=O)OCOC(=O)c2ccc(CON(O)O)cc2)CCCCC1. The van der Waals surface area contributed by atoms with E-state index in [1.54, 1.807) is 0 Å². The highest BCUT2D eigenvalue weighted by atomic mass is 17.1. The van der Waals surface area contributed by atoms with Gasteiger partial charge in [0.25, 0.3) is 0 Å². The standard InChI is InChI=1S/C19H26N2O9/c22-16(23)10-19(8-2-1-3-9-19)12-20-18(25)29-13-28-17(24)15-6-4-14(5-7-15)11-30-21(26)27/h4-7,26-27H,1-3,8-13H2,(H,20,25)(H,22,23). The maximum absolute atomic E-state index is 12.0. The number of hydrogen-bond acceptors (Lipinski definition) is 9. The molecule has 2 rings (SSSR count). The van der Waals surface area contributed by atoms with Crippen molar-refractivity contribution in [2.75, 3.05) is 13.3 Å². The van der Waals surface area contributed by atoms with Crippen molar-refractivity contribution < 1.29 is 44.2 Å². The average Bonchev–Trinajstić information content (AvgIpc) is 2.71. The lowest BCUT2D eigenvalue weighted by Crippen LogP contribution is -2.40. The van der Waals surface area contributed by atoms with Crippen LogP contribution in [0.3, 0.4) is 0 Å². The predicted molar refractivity (Wildman–Crippen MR) is 99.2 cm³/mol. The van der Waals surface area contributed by atoms with Crippen LogP contribution in [0.2, 0.25) is 0 Å². The number of nitrogens with one attached hydrogen (secondary N) is 1. The summed E-state index contributed by atoms with van der Waals surface area (Å²) in [6.07, 6.45) is 3.54. The second kappa shape index (κ2) is 11.5. The largest absolute Gasteiger partial charge is 0.481 e. The Morgan fingerprint density at radius 3 is 2.30 bits per heavy atom. The van der Waals surface area contributed by atoms with Crippen LogP contribution in [0.25, 0.3) is 0 Å². The van der Waals surface area contributed by atoms with Crippen molar-refractivity contribution in [3.8, 4) is 0 Å². The zero-order valence-electron chi connectivity index (χ0n) is 16.4. The van der Waals surface area contributed by atoms with Crippen molar-refractivity contribution >= 4 is 18.0 Å². The summed E-state index contributed by atoms with van der Waals surface area (Å²) >= 11 is 0. The molecule has 11 nitrogen and oxygen atoms in total. The van der Waals surface area contributed by atoms with E-state index in [4.69, 9.17) is 25.0 Å². The van der Waals surface area contributed by atoms with Gasteiger partial charge in [-0.15, -0.1) is 0 Å².